The fourth-order valence-electron chi connectivity index (χ4n) is 2.21. The normalized spacial score (nSPS) is 17.2. The molecule has 1 heterocycles. The Balaban J connectivity index is 2.31. The lowest BCUT2D eigenvalue weighted by atomic mass is 10.2. The molecule has 0 atom stereocenters. The monoisotopic (exact) mass is 258 g/mol. The molecule has 0 bridgehead atoms. The molecule has 1 aromatic carbocycles. The van der Waals surface area contributed by atoms with Crippen molar-refractivity contribution in [1.29, 1.82) is 0 Å². The molecule has 2 nitrogen and oxygen atoms in total. The summed E-state index contributed by atoms with van der Waals surface area (Å²) in [6, 6.07) is 3.54. The SMILES string of the molecule is Nc1cc(Cl)cc(Cl)c1N1CCCCCC1. The van der Waals surface area contributed by atoms with Gasteiger partial charge < -0.3 is 10.6 Å². The molecule has 0 saturated carbocycles. The summed E-state index contributed by atoms with van der Waals surface area (Å²) in [6.45, 7) is 2.07. The Kier molecular flexibility index (Phi) is 3.82. The molecule has 2 rings (SSSR count). The minimum atomic E-state index is 0.598. The van der Waals surface area contributed by atoms with Gasteiger partial charge in [0.05, 0.1) is 16.4 Å². The number of benzene rings is 1. The van der Waals surface area contributed by atoms with Crippen molar-refractivity contribution in [2.45, 2.75) is 25.7 Å². The summed E-state index contributed by atoms with van der Waals surface area (Å²) >= 11 is 12.1. The van der Waals surface area contributed by atoms with Gasteiger partial charge in [0.15, 0.2) is 0 Å². The molecule has 1 aromatic rings. The molecule has 88 valence electrons. The van der Waals surface area contributed by atoms with E-state index < -0.39 is 0 Å². The van der Waals surface area contributed by atoms with Crippen LogP contribution >= 0.6 is 23.2 Å². The Morgan fingerprint density at radius 1 is 1.00 bits per heavy atom. The molecular formula is C12H16Cl2N2. The molecule has 1 fully saturated rings. The van der Waals surface area contributed by atoms with Crippen LogP contribution in [0.25, 0.3) is 0 Å². The fraction of sp³-hybridized carbons (Fsp3) is 0.500. The smallest absolute Gasteiger partial charge is 0.0790 e. The first-order chi connectivity index (χ1) is 7.68. The van der Waals surface area contributed by atoms with Crippen LogP contribution in [0.3, 0.4) is 0 Å². The third-order valence-electron chi connectivity index (χ3n) is 2.98. The summed E-state index contributed by atoms with van der Waals surface area (Å²) in [5.41, 5.74) is 7.63. The van der Waals surface area contributed by atoms with E-state index in [-0.39, 0.29) is 0 Å². The number of hydrogen-bond donors (Lipinski definition) is 1. The number of halogens is 2. The second kappa shape index (κ2) is 5.15. The van der Waals surface area contributed by atoms with Crippen LogP contribution in [0, 0.1) is 0 Å². The van der Waals surface area contributed by atoms with E-state index in [2.05, 4.69) is 4.90 Å². The molecule has 0 unspecified atom stereocenters. The van der Waals surface area contributed by atoms with Gasteiger partial charge in [-0.05, 0) is 25.0 Å². The number of nitrogen functional groups attached to an aromatic ring is 1. The number of rotatable bonds is 1. The van der Waals surface area contributed by atoms with Crippen LogP contribution in [0.4, 0.5) is 11.4 Å². The van der Waals surface area contributed by atoms with Crippen molar-refractivity contribution in [2.24, 2.45) is 0 Å². The average molecular weight is 259 g/mol. The second-order valence-corrected chi connectivity index (χ2v) is 5.07. The Hall–Kier alpha value is -0.600. The highest BCUT2D eigenvalue weighted by Crippen LogP contribution is 2.36. The molecule has 1 saturated heterocycles. The van der Waals surface area contributed by atoms with Crippen LogP contribution in [0.5, 0.6) is 0 Å². The van der Waals surface area contributed by atoms with Crippen molar-refractivity contribution in [3.63, 3.8) is 0 Å². The van der Waals surface area contributed by atoms with E-state index in [4.69, 9.17) is 28.9 Å². The summed E-state index contributed by atoms with van der Waals surface area (Å²) < 4.78 is 0. The van der Waals surface area contributed by atoms with Crippen LogP contribution in [0.15, 0.2) is 12.1 Å². The number of nitrogens with zero attached hydrogens (tertiary/aromatic N) is 1. The maximum atomic E-state index is 6.22. The van der Waals surface area contributed by atoms with Gasteiger partial charge in [0, 0.05) is 18.1 Å². The fourth-order valence-corrected chi connectivity index (χ4v) is 2.84. The summed E-state index contributed by atoms with van der Waals surface area (Å²) in [6.07, 6.45) is 5.00. The largest absolute Gasteiger partial charge is 0.397 e. The zero-order valence-electron chi connectivity index (χ0n) is 9.18. The molecule has 1 aliphatic rings. The van der Waals surface area contributed by atoms with Gasteiger partial charge in [-0.1, -0.05) is 36.0 Å². The highest BCUT2D eigenvalue weighted by molar-refractivity contribution is 6.37. The minimum Gasteiger partial charge on any atom is -0.397 e. The predicted molar refractivity (Wildman–Crippen MR) is 71.6 cm³/mol. The zero-order chi connectivity index (χ0) is 11.5. The lowest BCUT2D eigenvalue weighted by Crippen LogP contribution is -2.25. The summed E-state index contributed by atoms with van der Waals surface area (Å²) in [5, 5.41) is 1.26. The zero-order valence-corrected chi connectivity index (χ0v) is 10.7. The first-order valence-corrected chi connectivity index (χ1v) is 6.43. The Labute approximate surface area is 106 Å². The van der Waals surface area contributed by atoms with Gasteiger partial charge in [-0.25, -0.2) is 0 Å². The van der Waals surface area contributed by atoms with Crippen LogP contribution in [0.1, 0.15) is 25.7 Å². The van der Waals surface area contributed by atoms with Gasteiger partial charge >= 0.3 is 0 Å². The van der Waals surface area contributed by atoms with Crippen molar-refractivity contribution in [1.82, 2.24) is 0 Å². The van der Waals surface area contributed by atoms with Gasteiger partial charge in [0.1, 0.15) is 0 Å². The van der Waals surface area contributed by atoms with E-state index in [1.54, 1.807) is 12.1 Å². The molecule has 0 spiro atoms. The topological polar surface area (TPSA) is 29.3 Å². The van der Waals surface area contributed by atoms with E-state index in [9.17, 15) is 0 Å². The van der Waals surface area contributed by atoms with Gasteiger partial charge in [0.25, 0.3) is 0 Å². The van der Waals surface area contributed by atoms with Crippen LogP contribution in [-0.2, 0) is 0 Å². The summed E-state index contributed by atoms with van der Waals surface area (Å²) in [7, 11) is 0. The molecule has 16 heavy (non-hydrogen) atoms. The molecular weight excluding hydrogens is 243 g/mol. The number of nitrogens with two attached hydrogens (primary N) is 1. The summed E-state index contributed by atoms with van der Waals surface area (Å²) in [4.78, 5) is 2.28. The van der Waals surface area contributed by atoms with Crippen molar-refractivity contribution in [2.75, 3.05) is 23.7 Å². The first kappa shape index (κ1) is 11.9. The minimum absolute atomic E-state index is 0.598. The van der Waals surface area contributed by atoms with E-state index in [1.165, 1.54) is 25.7 Å². The molecule has 0 radical (unpaired) electrons. The maximum absolute atomic E-state index is 6.22. The highest BCUT2D eigenvalue weighted by Gasteiger charge is 2.16. The van der Waals surface area contributed by atoms with E-state index in [0.29, 0.717) is 15.7 Å². The van der Waals surface area contributed by atoms with Gasteiger partial charge in [-0.15, -0.1) is 0 Å². The van der Waals surface area contributed by atoms with Crippen LogP contribution in [-0.4, -0.2) is 13.1 Å². The first-order valence-electron chi connectivity index (χ1n) is 5.68. The van der Waals surface area contributed by atoms with Crippen LogP contribution in [0.2, 0.25) is 10.0 Å². The standard InChI is InChI=1S/C12H16Cl2N2/c13-9-7-10(14)12(11(15)8-9)16-5-3-1-2-4-6-16/h7-8H,1-6,15H2. The Morgan fingerprint density at radius 2 is 1.62 bits per heavy atom. The van der Waals surface area contributed by atoms with Crippen molar-refractivity contribution in [3.05, 3.63) is 22.2 Å². The molecule has 1 aliphatic heterocycles. The highest BCUT2D eigenvalue weighted by atomic mass is 35.5. The quantitative estimate of drug-likeness (QED) is 0.773. The number of hydrogen-bond acceptors (Lipinski definition) is 2. The number of anilines is 2. The third-order valence-corrected chi connectivity index (χ3v) is 3.49. The van der Waals surface area contributed by atoms with E-state index in [1.807, 2.05) is 0 Å². The average Bonchev–Trinajstić information content (AvgIpc) is 2.44. The lowest BCUT2D eigenvalue weighted by molar-refractivity contribution is 0.726. The Bertz CT molecular complexity index is 348. The predicted octanol–water partition coefficient (Wildman–Crippen LogP) is 3.96. The van der Waals surface area contributed by atoms with Gasteiger partial charge in [-0.2, -0.15) is 0 Å². The lowest BCUT2D eigenvalue weighted by Gasteiger charge is -2.25. The summed E-state index contributed by atoms with van der Waals surface area (Å²) in [5.74, 6) is 0. The maximum Gasteiger partial charge on any atom is 0.0790 e. The van der Waals surface area contributed by atoms with Gasteiger partial charge in [-0.3, -0.25) is 0 Å². The third kappa shape index (κ3) is 2.55. The van der Waals surface area contributed by atoms with Crippen molar-refractivity contribution in [3.8, 4) is 0 Å². The van der Waals surface area contributed by atoms with Gasteiger partial charge in [0.2, 0.25) is 0 Å². The van der Waals surface area contributed by atoms with Crippen LogP contribution < -0.4 is 10.6 Å². The molecule has 0 aliphatic carbocycles. The van der Waals surface area contributed by atoms with Crippen molar-refractivity contribution >= 4 is 34.6 Å². The molecule has 4 heteroatoms. The molecule has 0 amide bonds. The van der Waals surface area contributed by atoms with E-state index >= 15 is 0 Å². The molecule has 0 aromatic heterocycles. The van der Waals surface area contributed by atoms with E-state index in [0.717, 1.165) is 18.8 Å². The second-order valence-electron chi connectivity index (χ2n) is 4.23. The Morgan fingerprint density at radius 3 is 2.19 bits per heavy atom. The van der Waals surface area contributed by atoms with Crippen molar-refractivity contribution < 1.29 is 0 Å². The molecule has 2 N–H and O–H groups in total.